The Bertz CT molecular complexity index is 522. The van der Waals surface area contributed by atoms with E-state index in [0.29, 0.717) is 0 Å². The highest BCUT2D eigenvalue weighted by molar-refractivity contribution is 7.17. The molecule has 6 heteroatoms. The highest BCUT2D eigenvalue weighted by Gasteiger charge is 2.16. The third-order valence-electron chi connectivity index (χ3n) is 2.74. The maximum atomic E-state index is 10.8. The van der Waals surface area contributed by atoms with Gasteiger partial charge in [0.15, 0.2) is 5.13 Å². The molecule has 0 spiro atoms. The molecule has 0 bridgehead atoms. The number of hydrogen-bond donors (Lipinski definition) is 1. The van der Waals surface area contributed by atoms with E-state index in [0.717, 1.165) is 11.6 Å². The minimum Gasteiger partial charge on any atom is -0.477 e. The van der Waals surface area contributed by atoms with Gasteiger partial charge in [-0.3, -0.25) is 0 Å². The molecule has 4 nitrogen and oxygen atoms in total. The second-order valence-electron chi connectivity index (χ2n) is 4.06. The quantitative estimate of drug-likeness (QED) is 0.916. The number of hydrogen-bond acceptors (Lipinski definition) is 5. The fourth-order valence-corrected chi connectivity index (χ4v) is 3.22. The van der Waals surface area contributed by atoms with Crippen molar-refractivity contribution in [3.05, 3.63) is 33.5 Å². The number of thiophene rings is 1. The van der Waals surface area contributed by atoms with Gasteiger partial charge in [-0.05, 0) is 18.4 Å². The summed E-state index contributed by atoms with van der Waals surface area (Å²) < 4.78 is 0. The first-order valence-corrected chi connectivity index (χ1v) is 7.22. The van der Waals surface area contributed by atoms with Crippen molar-refractivity contribution >= 4 is 33.8 Å². The fourth-order valence-electron chi connectivity index (χ4n) is 1.57. The van der Waals surface area contributed by atoms with E-state index >= 15 is 0 Å². The molecule has 1 unspecified atom stereocenters. The van der Waals surface area contributed by atoms with E-state index in [1.807, 2.05) is 18.0 Å². The molecule has 2 aromatic rings. The lowest BCUT2D eigenvalue weighted by Gasteiger charge is -2.23. The van der Waals surface area contributed by atoms with Crippen LogP contribution >= 0.6 is 22.7 Å². The zero-order valence-electron chi connectivity index (χ0n) is 10.2. The maximum absolute atomic E-state index is 10.8. The number of nitrogens with zero attached hydrogens (tertiary/aromatic N) is 2. The Hall–Kier alpha value is -1.40. The maximum Gasteiger partial charge on any atom is 0.347 e. The van der Waals surface area contributed by atoms with Crippen molar-refractivity contribution in [2.75, 3.05) is 11.9 Å². The van der Waals surface area contributed by atoms with Crippen LogP contribution < -0.4 is 4.90 Å². The van der Waals surface area contributed by atoms with Gasteiger partial charge < -0.3 is 10.0 Å². The Balaban J connectivity index is 2.05. The van der Waals surface area contributed by atoms with Gasteiger partial charge in [0.05, 0.1) is 6.20 Å². The molecule has 0 aromatic carbocycles. The summed E-state index contributed by atoms with van der Waals surface area (Å²) >= 11 is 2.94. The average Bonchev–Trinajstić information content (AvgIpc) is 2.98. The number of thiazole rings is 1. The lowest BCUT2D eigenvalue weighted by atomic mass is 10.2. The van der Waals surface area contributed by atoms with Crippen LogP contribution in [0.2, 0.25) is 0 Å². The Morgan fingerprint density at radius 1 is 1.61 bits per heavy atom. The van der Waals surface area contributed by atoms with Crippen LogP contribution in [0.4, 0.5) is 5.13 Å². The molecule has 0 fully saturated rings. The minimum absolute atomic E-state index is 0.278. The summed E-state index contributed by atoms with van der Waals surface area (Å²) in [5.41, 5.74) is 0. The first-order valence-electron chi connectivity index (χ1n) is 5.52. The van der Waals surface area contributed by atoms with Crippen LogP contribution in [0, 0.1) is 0 Å². The molecule has 1 atom stereocenters. The van der Waals surface area contributed by atoms with Gasteiger partial charge in [0.2, 0.25) is 0 Å². The van der Waals surface area contributed by atoms with Crippen molar-refractivity contribution < 1.29 is 9.90 Å². The molecule has 0 saturated heterocycles. The van der Waals surface area contributed by atoms with E-state index in [2.05, 4.69) is 23.4 Å². The predicted molar refractivity (Wildman–Crippen MR) is 75.0 cm³/mol. The Labute approximate surface area is 114 Å². The summed E-state index contributed by atoms with van der Waals surface area (Å²) in [6.07, 6.45) is 2.35. The lowest BCUT2D eigenvalue weighted by Crippen LogP contribution is -2.30. The number of anilines is 1. The molecule has 0 radical (unpaired) electrons. The smallest absolute Gasteiger partial charge is 0.347 e. The molecule has 0 aliphatic rings. The van der Waals surface area contributed by atoms with Crippen LogP contribution in [0.3, 0.4) is 0 Å². The van der Waals surface area contributed by atoms with Gasteiger partial charge in [-0.15, -0.1) is 11.3 Å². The zero-order valence-corrected chi connectivity index (χ0v) is 11.8. The van der Waals surface area contributed by atoms with Crippen molar-refractivity contribution in [3.63, 3.8) is 0 Å². The molecule has 0 amide bonds. The van der Waals surface area contributed by atoms with Gasteiger partial charge in [-0.2, -0.15) is 0 Å². The van der Waals surface area contributed by atoms with Crippen molar-refractivity contribution in [1.82, 2.24) is 4.98 Å². The average molecular weight is 282 g/mol. The van der Waals surface area contributed by atoms with Crippen molar-refractivity contribution in [2.24, 2.45) is 0 Å². The third kappa shape index (κ3) is 2.88. The molecule has 2 rings (SSSR count). The highest BCUT2D eigenvalue weighted by Crippen LogP contribution is 2.24. The number of aromatic carboxylic acids is 1. The minimum atomic E-state index is -0.918. The number of likely N-dealkylation sites (N-methyl/N-ethyl adjacent to an activating group) is 1. The number of carboxylic acids is 1. The second-order valence-corrected chi connectivity index (χ2v) is 6.10. The van der Waals surface area contributed by atoms with Crippen molar-refractivity contribution in [3.8, 4) is 0 Å². The van der Waals surface area contributed by atoms with Crippen LogP contribution in [-0.2, 0) is 6.42 Å². The van der Waals surface area contributed by atoms with Gasteiger partial charge in [0.1, 0.15) is 4.88 Å². The second kappa shape index (κ2) is 5.49. The molecular weight excluding hydrogens is 268 g/mol. The van der Waals surface area contributed by atoms with Crippen molar-refractivity contribution in [1.29, 1.82) is 0 Å². The van der Waals surface area contributed by atoms with E-state index in [9.17, 15) is 4.79 Å². The van der Waals surface area contributed by atoms with Crippen LogP contribution in [0.15, 0.2) is 23.7 Å². The van der Waals surface area contributed by atoms with Gasteiger partial charge in [-0.25, -0.2) is 9.78 Å². The molecule has 0 aliphatic heterocycles. The molecule has 2 aromatic heterocycles. The van der Waals surface area contributed by atoms with Crippen molar-refractivity contribution in [2.45, 2.75) is 19.4 Å². The summed E-state index contributed by atoms with van der Waals surface area (Å²) in [7, 11) is 1.95. The van der Waals surface area contributed by atoms with E-state index in [-0.39, 0.29) is 10.9 Å². The number of carboxylic acid groups (broad SMARTS) is 1. The lowest BCUT2D eigenvalue weighted by molar-refractivity contribution is 0.0702. The number of carbonyl (C=O) groups is 1. The molecule has 0 saturated carbocycles. The van der Waals surface area contributed by atoms with Crippen LogP contribution in [0.5, 0.6) is 0 Å². The van der Waals surface area contributed by atoms with E-state index in [1.54, 1.807) is 11.3 Å². The molecule has 18 heavy (non-hydrogen) atoms. The largest absolute Gasteiger partial charge is 0.477 e. The van der Waals surface area contributed by atoms with Crippen LogP contribution in [0.1, 0.15) is 21.5 Å². The molecule has 1 N–H and O–H groups in total. The van der Waals surface area contributed by atoms with Crippen LogP contribution in [0.25, 0.3) is 0 Å². The van der Waals surface area contributed by atoms with Gasteiger partial charge >= 0.3 is 5.97 Å². The summed E-state index contributed by atoms with van der Waals surface area (Å²) in [5.74, 6) is -0.918. The summed E-state index contributed by atoms with van der Waals surface area (Å²) in [6, 6.07) is 4.44. The standard InChI is InChI=1S/C12H14N2O2S2/c1-8(6-9-4-3-5-17-9)14(2)12-13-7-10(18-12)11(15)16/h3-5,7-8H,6H2,1-2H3,(H,15,16). The Morgan fingerprint density at radius 3 is 2.94 bits per heavy atom. The third-order valence-corrected chi connectivity index (χ3v) is 4.72. The van der Waals surface area contributed by atoms with E-state index in [1.165, 1.54) is 22.4 Å². The first kappa shape index (κ1) is 13.0. The Kier molecular flexibility index (Phi) is 3.98. The molecule has 2 heterocycles. The first-order chi connectivity index (χ1) is 8.58. The number of aromatic nitrogens is 1. The monoisotopic (exact) mass is 282 g/mol. The SMILES string of the molecule is CC(Cc1cccs1)N(C)c1ncc(C(=O)O)s1. The van der Waals surface area contributed by atoms with E-state index < -0.39 is 5.97 Å². The fraction of sp³-hybridized carbons (Fsp3) is 0.333. The van der Waals surface area contributed by atoms with Crippen LogP contribution in [-0.4, -0.2) is 29.1 Å². The normalized spacial score (nSPS) is 12.3. The molecule has 0 aliphatic carbocycles. The Morgan fingerprint density at radius 2 is 2.39 bits per heavy atom. The topological polar surface area (TPSA) is 53.4 Å². The zero-order chi connectivity index (χ0) is 13.1. The van der Waals surface area contributed by atoms with Gasteiger partial charge in [0.25, 0.3) is 0 Å². The molecular formula is C12H14N2O2S2. The predicted octanol–water partition coefficient (Wildman–Crippen LogP) is 2.97. The van der Waals surface area contributed by atoms with Gasteiger partial charge in [-0.1, -0.05) is 17.4 Å². The van der Waals surface area contributed by atoms with Gasteiger partial charge in [0, 0.05) is 24.4 Å². The summed E-state index contributed by atoms with van der Waals surface area (Å²) in [5, 5.41) is 11.7. The summed E-state index contributed by atoms with van der Waals surface area (Å²) in [4.78, 5) is 18.6. The summed E-state index contributed by atoms with van der Waals surface area (Å²) in [6.45, 7) is 2.11. The highest BCUT2D eigenvalue weighted by atomic mass is 32.1. The molecule has 96 valence electrons. The van der Waals surface area contributed by atoms with E-state index in [4.69, 9.17) is 5.11 Å². The number of rotatable bonds is 5.